The fraction of sp³-hybridized carbons (Fsp3) is 0.600. The molecule has 8 heteroatoms. The summed E-state index contributed by atoms with van der Waals surface area (Å²) in [6.45, 7) is 1.98. The minimum Gasteiger partial charge on any atom is -0.442 e. The van der Waals surface area contributed by atoms with Gasteiger partial charge in [0.25, 0.3) is 0 Å². The molecule has 1 aromatic carbocycles. The number of fused-ring (bicyclic) bond motifs is 3. The average molecular weight is 392 g/mol. The van der Waals surface area contributed by atoms with Crippen molar-refractivity contribution >= 4 is 17.7 Å². The average Bonchev–Trinajstić information content (AvgIpc) is 3.18. The summed E-state index contributed by atoms with van der Waals surface area (Å²) in [7, 11) is 0. The monoisotopic (exact) mass is 392 g/mol. The lowest BCUT2D eigenvalue weighted by molar-refractivity contribution is -0.121. The summed E-state index contributed by atoms with van der Waals surface area (Å²) in [6, 6.07) is 2.89. The van der Waals surface area contributed by atoms with E-state index >= 15 is 0 Å². The normalized spacial score (nSPS) is 31.4. The lowest BCUT2D eigenvalue weighted by Gasteiger charge is -2.30. The zero-order chi connectivity index (χ0) is 20.0. The number of nitrogens with zero attached hydrogens (tertiary/aromatic N) is 1. The molecule has 2 fully saturated rings. The van der Waals surface area contributed by atoms with Gasteiger partial charge in [0, 0.05) is 6.42 Å². The first kappa shape index (κ1) is 19.1. The lowest BCUT2D eigenvalue weighted by Crippen LogP contribution is -2.40. The summed E-state index contributed by atoms with van der Waals surface area (Å²) in [4.78, 5) is 25.3. The molecule has 2 aliphatic heterocycles. The fourth-order valence-corrected chi connectivity index (χ4v) is 4.55. The summed E-state index contributed by atoms with van der Waals surface area (Å²) < 4.78 is 20.2. The van der Waals surface area contributed by atoms with E-state index in [0.29, 0.717) is 43.4 Å². The van der Waals surface area contributed by atoms with E-state index < -0.39 is 30.2 Å². The minimum atomic E-state index is -0.851. The standard InChI is InChI=1S/C20H25FN2O5/c1-2-19(26)22-9-18-15-6-11-5-12(10-3-4-16(24)17(25)7-10)13(21)8-14(11)23(15)20(27)28-18/h5,8,10,15-18,24-25H,2-4,6-7,9H2,1H3,(H,22,26)/t10?,15-,16?,17?,18?/m0/s1. The van der Waals surface area contributed by atoms with Gasteiger partial charge in [0.05, 0.1) is 30.5 Å². The number of hydrogen-bond donors (Lipinski definition) is 3. The van der Waals surface area contributed by atoms with E-state index in [9.17, 15) is 24.2 Å². The topological polar surface area (TPSA) is 99.1 Å². The predicted octanol–water partition coefficient (Wildman–Crippen LogP) is 1.59. The van der Waals surface area contributed by atoms with Crippen molar-refractivity contribution in [1.29, 1.82) is 0 Å². The molecule has 0 spiro atoms. The zero-order valence-electron chi connectivity index (χ0n) is 15.7. The molecular formula is C20H25FN2O5. The minimum absolute atomic E-state index is 0.114. The molecule has 5 atom stereocenters. The number of cyclic esters (lactones) is 1. The molecule has 2 amide bonds. The summed E-state index contributed by atoms with van der Waals surface area (Å²) in [6.07, 6.45) is -0.375. The van der Waals surface area contributed by atoms with Gasteiger partial charge < -0.3 is 20.3 Å². The Labute approximate surface area is 162 Å². The second-order valence-corrected chi connectivity index (χ2v) is 7.87. The van der Waals surface area contributed by atoms with Crippen molar-refractivity contribution < 1.29 is 28.9 Å². The molecule has 1 aromatic rings. The third-order valence-electron chi connectivity index (χ3n) is 6.14. The van der Waals surface area contributed by atoms with E-state index in [1.54, 1.807) is 13.0 Å². The van der Waals surface area contributed by atoms with Crippen LogP contribution in [0.4, 0.5) is 14.9 Å². The van der Waals surface area contributed by atoms with Gasteiger partial charge in [-0.05, 0) is 48.8 Å². The molecule has 1 aliphatic carbocycles. The van der Waals surface area contributed by atoms with Crippen LogP contribution in [0, 0.1) is 5.82 Å². The Hall–Kier alpha value is -2.19. The van der Waals surface area contributed by atoms with Crippen LogP contribution in [-0.4, -0.2) is 53.1 Å². The van der Waals surface area contributed by atoms with Crippen LogP contribution in [0.5, 0.6) is 0 Å². The van der Waals surface area contributed by atoms with Crippen molar-refractivity contribution in [2.45, 2.75) is 69.3 Å². The lowest BCUT2D eigenvalue weighted by atomic mass is 9.80. The van der Waals surface area contributed by atoms with Gasteiger partial charge >= 0.3 is 6.09 Å². The molecule has 0 radical (unpaired) electrons. The van der Waals surface area contributed by atoms with E-state index in [1.165, 1.54) is 11.0 Å². The molecule has 7 nitrogen and oxygen atoms in total. The van der Waals surface area contributed by atoms with Crippen molar-refractivity contribution in [3.63, 3.8) is 0 Å². The van der Waals surface area contributed by atoms with Crippen molar-refractivity contribution in [2.24, 2.45) is 0 Å². The number of benzene rings is 1. The van der Waals surface area contributed by atoms with Crippen molar-refractivity contribution in [3.05, 3.63) is 29.1 Å². The highest BCUT2D eigenvalue weighted by Crippen LogP contribution is 2.43. The Kier molecular flexibility index (Phi) is 5.01. The van der Waals surface area contributed by atoms with Gasteiger partial charge in [-0.15, -0.1) is 0 Å². The first-order chi connectivity index (χ1) is 13.4. The van der Waals surface area contributed by atoms with Gasteiger partial charge in [-0.25, -0.2) is 9.18 Å². The van der Waals surface area contributed by atoms with Crippen LogP contribution >= 0.6 is 0 Å². The summed E-state index contributed by atoms with van der Waals surface area (Å²) >= 11 is 0. The number of anilines is 1. The van der Waals surface area contributed by atoms with Crippen LogP contribution in [0.2, 0.25) is 0 Å². The Balaban J connectivity index is 1.55. The Bertz CT molecular complexity index is 801. The number of hydrogen-bond acceptors (Lipinski definition) is 5. The summed E-state index contributed by atoms with van der Waals surface area (Å²) in [5.41, 5.74) is 1.90. The molecular weight excluding hydrogens is 367 g/mol. The highest BCUT2D eigenvalue weighted by molar-refractivity contribution is 5.94. The number of amides is 2. The number of ether oxygens (including phenoxy) is 1. The fourth-order valence-electron chi connectivity index (χ4n) is 4.55. The highest BCUT2D eigenvalue weighted by Gasteiger charge is 2.48. The third kappa shape index (κ3) is 3.24. The van der Waals surface area contributed by atoms with Crippen molar-refractivity contribution in [3.8, 4) is 0 Å². The molecule has 4 unspecified atom stereocenters. The van der Waals surface area contributed by atoms with Crippen LogP contribution in [-0.2, 0) is 16.0 Å². The predicted molar refractivity (Wildman–Crippen MR) is 98.5 cm³/mol. The van der Waals surface area contributed by atoms with Crippen LogP contribution in [0.3, 0.4) is 0 Å². The Morgan fingerprint density at radius 2 is 2.11 bits per heavy atom. The second kappa shape index (κ2) is 7.33. The number of rotatable bonds is 4. The van der Waals surface area contributed by atoms with Crippen LogP contribution in [0.1, 0.15) is 49.7 Å². The maximum absolute atomic E-state index is 14.9. The molecule has 2 heterocycles. The number of nitrogens with one attached hydrogen (secondary N) is 1. The van der Waals surface area contributed by atoms with Gasteiger partial charge in [0.1, 0.15) is 11.9 Å². The van der Waals surface area contributed by atoms with E-state index in [-0.39, 0.29) is 24.4 Å². The maximum atomic E-state index is 14.9. The number of halogens is 1. The Morgan fingerprint density at radius 1 is 1.32 bits per heavy atom. The number of aliphatic hydroxyl groups excluding tert-OH is 2. The molecule has 0 aromatic heterocycles. The summed E-state index contributed by atoms with van der Waals surface area (Å²) in [5, 5.41) is 22.4. The van der Waals surface area contributed by atoms with Crippen LogP contribution in [0.25, 0.3) is 0 Å². The molecule has 4 rings (SSSR count). The van der Waals surface area contributed by atoms with Gasteiger partial charge in [-0.1, -0.05) is 13.0 Å². The maximum Gasteiger partial charge on any atom is 0.415 e. The number of carbonyl (C=O) groups is 2. The van der Waals surface area contributed by atoms with E-state index in [4.69, 9.17) is 4.74 Å². The SMILES string of the molecule is CCC(=O)NCC1OC(=O)N2c3cc(F)c(C4CCC(O)C(O)C4)cc3C[C@@H]12. The van der Waals surface area contributed by atoms with Crippen LogP contribution < -0.4 is 10.2 Å². The van der Waals surface area contributed by atoms with E-state index in [0.717, 1.165) is 5.56 Å². The molecule has 3 aliphatic rings. The largest absolute Gasteiger partial charge is 0.442 e. The third-order valence-corrected chi connectivity index (χ3v) is 6.14. The number of carbonyl (C=O) groups excluding carboxylic acids is 2. The molecule has 1 saturated heterocycles. The molecule has 28 heavy (non-hydrogen) atoms. The first-order valence-corrected chi connectivity index (χ1v) is 9.84. The number of aliphatic hydroxyl groups is 2. The molecule has 152 valence electrons. The molecule has 0 bridgehead atoms. The Morgan fingerprint density at radius 3 is 2.82 bits per heavy atom. The summed E-state index contributed by atoms with van der Waals surface area (Å²) in [5.74, 6) is -0.689. The molecule has 3 N–H and O–H groups in total. The van der Waals surface area contributed by atoms with Gasteiger partial charge in [0.2, 0.25) is 5.91 Å². The quantitative estimate of drug-likeness (QED) is 0.723. The first-order valence-electron chi connectivity index (χ1n) is 9.84. The second-order valence-electron chi connectivity index (χ2n) is 7.87. The van der Waals surface area contributed by atoms with Crippen molar-refractivity contribution in [2.75, 3.05) is 11.4 Å². The van der Waals surface area contributed by atoms with Gasteiger partial charge in [-0.2, -0.15) is 0 Å². The van der Waals surface area contributed by atoms with Gasteiger partial charge in [0.15, 0.2) is 0 Å². The molecule has 1 saturated carbocycles. The van der Waals surface area contributed by atoms with Crippen molar-refractivity contribution in [1.82, 2.24) is 5.32 Å². The zero-order valence-corrected chi connectivity index (χ0v) is 15.7. The smallest absolute Gasteiger partial charge is 0.415 e. The van der Waals surface area contributed by atoms with E-state index in [1.807, 2.05) is 0 Å². The highest BCUT2D eigenvalue weighted by atomic mass is 19.1. The van der Waals surface area contributed by atoms with E-state index in [2.05, 4.69) is 5.32 Å². The van der Waals surface area contributed by atoms with Gasteiger partial charge in [-0.3, -0.25) is 9.69 Å². The van der Waals surface area contributed by atoms with Crippen LogP contribution in [0.15, 0.2) is 12.1 Å².